The number of ether oxygens (including phenoxy) is 1. The molecule has 3 aliphatic rings. The molecule has 4 nitrogen and oxygen atoms in total. The lowest BCUT2D eigenvalue weighted by Crippen LogP contribution is -2.56. The summed E-state index contributed by atoms with van der Waals surface area (Å²) < 4.78 is 10.7. The van der Waals surface area contributed by atoms with Gasteiger partial charge in [0.2, 0.25) is 0 Å². The second kappa shape index (κ2) is 5.48. The average molecular weight is 330 g/mol. The lowest BCUT2D eigenvalue weighted by atomic mass is 9.46. The van der Waals surface area contributed by atoms with Crippen LogP contribution in [0.1, 0.15) is 45.1 Å². The van der Waals surface area contributed by atoms with Crippen molar-refractivity contribution in [3.8, 4) is 0 Å². The van der Waals surface area contributed by atoms with E-state index in [2.05, 4.69) is 19.9 Å². The summed E-state index contributed by atoms with van der Waals surface area (Å²) in [6, 6.07) is 2.01. The first-order chi connectivity index (χ1) is 11.5. The Morgan fingerprint density at radius 3 is 3.00 bits per heavy atom. The van der Waals surface area contributed by atoms with Crippen LogP contribution in [-0.2, 0) is 16.0 Å². The van der Waals surface area contributed by atoms with Gasteiger partial charge in [-0.25, -0.2) is 4.79 Å². The molecule has 0 bridgehead atoms. The molecule has 2 aliphatic carbocycles. The highest BCUT2D eigenvalue weighted by atomic mass is 16.5. The van der Waals surface area contributed by atoms with Crippen LogP contribution in [0, 0.1) is 22.7 Å². The van der Waals surface area contributed by atoms with Crippen LogP contribution in [0.2, 0.25) is 0 Å². The summed E-state index contributed by atoms with van der Waals surface area (Å²) in [7, 11) is 0. The number of aliphatic hydroxyl groups excluding tert-OH is 1. The zero-order valence-corrected chi connectivity index (χ0v) is 14.5. The molecule has 4 heteroatoms. The van der Waals surface area contributed by atoms with E-state index in [-0.39, 0.29) is 22.7 Å². The summed E-state index contributed by atoms with van der Waals surface area (Å²) in [6.45, 7) is 4.91. The van der Waals surface area contributed by atoms with E-state index in [4.69, 9.17) is 9.15 Å². The Labute approximate surface area is 142 Å². The molecule has 0 unspecified atom stereocenters. The molecule has 5 atom stereocenters. The van der Waals surface area contributed by atoms with Gasteiger partial charge in [-0.15, -0.1) is 0 Å². The van der Waals surface area contributed by atoms with Crippen molar-refractivity contribution in [2.45, 2.75) is 52.1 Å². The number of aryl methyl sites for hydroxylation is 1. The molecule has 1 aromatic heterocycles. The lowest BCUT2D eigenvalue weighted by molar-refractivity contribution is -0.138. The molecule has 0 radical (unpaired) electrons. The Balaban J connectivity index is 1.69. The van der Waals surface area contributed by atoms with Crippen LogP contribution in [0.3, 0.4) is 0 Å². The van der Waals surface area contributed by atoms with Crippen LogP contribution in [0.15, 0.2) is 34.7 Å². The van der Waals surface area contributed by atoms with E-state index in [0.717, 1.165) is 31.3 Å². The van der Waals surface area contributed by atoms with Gasteiger partial charge in [0.1, 0.15) is 6.61 Å². The van der Waals surface area contributed by atoms with Crippen molar-refractivity contribution in [2.75, 3.05) is 6.61 Å². The van der Waals surface area contributed by atoms with Crippen LogP contribution >= 0.6 is 0 Å². The monoisotopic (exact) mass is 330 g/mol. The molecule has 2 fully saturated rings. The molecule has 1 saturated carbocycles. The first-order valence-electron chi connectivity index (χ1n) is 9.04. The van der Waals surface area contributed by atoms with E-state index < -0.39 is 6.10 Å². The Morgan fingerprint density at radius 2 is 2.25 bits per heavy atom. The molecule has 1 spiro atoms. The van der Waals surface area contributed by atoms with Crippen molar-refractivity contribution in [2.24, 2.45) is 22.7 Å². The molecule has 1 aliphatic heterocycles. The maximum absolute atomic E-state index is 12.2. The minimum absolute atomic E-state index is 0.0254. The number of cyclic esters (lactones) is 1. The maximum Gasteiger partial charge on any atom is 0.334 e. The lowest BCUT2D eigenvalue weighted by Gasteiger charge is -2.58. The summed E-state index contributed by atoms with van der Waals surface area (Å²) in [6.07, 6.45) is 9.75. The summed E-state index contributed by atoms with van der Waals surface area (Å²) in [5, 5.41) is 10.8. The number of furan rings is 1. The van der Waals surface area contributed by atoms with Gasteiger partial charge in [0.15, 0.2) is 0 Å². The largest absolute Gasteiger partial charge is 0.472 e. The topological polar surface area (TPSA) is 59.7 Å². The first-order valence-corrected chi connectivity index (χ1v) is 9.04. The Hall–Kier alpha value is -1.55. The number of esters is 1. The number of hydrogen-bond donors (Lipinski definition) is 1. The zero-order chi connectivity index (χ0) is 16.9. The van der Waals surface area contributed by atoms with Gasteiger partial charge in [0.05, 0.1) is 18.6 Å². The normalized spacial score (nSPS) is 41.4. The van der Waals surface area contributed by atoms with Gasteiger partial charge in [-0.1, -0.05) is 19.9 Å². The highest BCUT2D eigenvalue weighted by Gasteiger charge is 2.63. The van der Waals surface area contributed by atoms with E-state index in [1.165, 1.54) is 5.56 Å². The third-order valence-corrected chi connectivity index (χ3v) is 7.21. The highest BCUT2D eigenvalue weighted by molar-refractivity contribution is 5.92. The van der Waals surface area contributed by atoms with Crippen molar-refractivity contribution in [3.63, 3.8) is 0 Å². The van der Waals surface area contributed by atoms with E-state index in [0.29, 0.717) is 18.9 Å². The molecule has 1 saturated heterocycles. The summed E-state index contributed by atoms with van der Waals surface area (Å²) in [5.41, 5.74) is 1.72. The fourth-order valence-corrected chi connectivity index (χ4v) is 5.63. The van der Waals surface area contributed by atoms with E-state index in [9.17, 15) is 9.90 Å². The summed E-state index contributed by atoms with van der Waals surface area (Å²) >= 11 is 0. The Morgan fingerprint density at radius 1 is 1.42 bits per heavy atom. The fraction of sp³-hybridized carbons (Fsp3) is 0.650. The van der Waals surface area contributed by atoms with Gasteiger partial charge >= 0.3 is 5.97 Å². The zero-order valence-electron chi connectivity index (χ0n) is 14.5. The second-order valence-corrected chi connectivity index (χ2v) is 8.18. The molecule has 4 rings (SSSR count). The molecule has 24 heavy (non-hydrogen) atoms. The van der Waals surface area contributed by atoms with Gasteiger partial charge in [0, 0.05) is 11.0 Å². The van der Waals surface area contributed by atoms with Crippen LogP contribution in [0.5, 0.6) is 0 Å². The third kappa shape index (κ3) is 2.12. The number of aliphatic hydroxyl groups is 1. The molecular weight excluding hydrogens is 304 g/mol. The molecule has 1 N–H and O–H groups in total. The van der Waals surface area contributed by atoms with Crippen molar-refractivity contribution in [3.05, 3.63) is 35.8 Å². The van der Waals surface area contributed by atoms with Crippen molar-refractivity contribution in [1.29, 1.82) is 0 Å². The Kier molecular flexibility index (Phi) is 3.64. The SMILES string of the molecule is C[C@@H]1[C@H](O)C[C@@]23COC(=O)C2=CCC[C@@H]3[C@]1(C)CCc1ccoc1. The van der Waals surface area contributed by atoms with Crippen LogP contribution in [0.4, 0.5) is 0 Å². The van der Waals surface area contributed by atoms with Crippen LogP contribution in [-0.4, -0.2) is 23.8 Å². The quantitative estimate of drug-likeness (QED) is 0.862. The van der Waals surface area contributed by atoms with Crippen molar-refractivity contribution in [1.82, 2.24) is 0 Å². The number of rotatable bonds is 3. The molecular formula is C20H26O4. The predicted octanol–water partition coefficient (Wildman–Crippen LogP) is 3.50. The molecule has 1 aromatic rings. The minimum Gasteiger partial charge on any atom is -0.472 e. The molecule has 0 aromatic carbocycles. The summed E-state index contributed by atoms with van der Waals surface area (Å²) in [4.78, 5) is 12.2. The first kappa shape index (κ1) is 15.9. The van der Waals surface area contributed by atoms with Crippen molar-refractivity contribution >= 4 is 5.97 Å². The van der Waals surface area contributed by atoms with Crippen LogP contribution < -0.4 is 0 Å². The fourth-order valence-electron chi connectivity index (χ4n) is 5.63. The average Bonchev–Trinajstić information content (AvgIpc) is 3.19. The number of hydrogen-bond acceptors (Lipinski definition) is 4. The van der Waals surface area contributed by atoms with Crippen molar-refractivity contribution < 1.29 is 19.1 Å². The Bertz CT molecular complexity index is 661. The molecule has 130 valence electrons. The van der Waals surface area contributed by atoms with Gasteiger partial charge < -0.3 is 14.3 Å². The predicted molar refractivity (Wildman–Crippen MR) is 89.1 cm³/mol. The smallest absolute Gasteiger partial charge is 0.334 e. The van der Waals surface area contributed by atoms with Gasteiger partial charge in [-0.05, 0) is 61.0 Å². The second-order valence-electron chi connectivity index (χ2n) is 8.18. The molecule has 0 amide bonds. The standard InChI is InChI=1S/C20H26O4/c1-13-16(21)10-20-12-24-18(22)15(20)4-3-5-17(20)19(13,2)8-6-14-7-9-23-11-14/h4,7,9,11,13,16-17,21H,3,5-6,8,10,12H2,1-2H3/t13-,16-,17-,19-,20-/m1/s1. The van der Waals surface area contributed by atoms with E-state index >= 15 is 0 Å². The number of allylic oxidation sites excluding steroid dienone is 1. The van der Waals surface area contributed by atoms with E-state index in [1.807, 2.05) is 6.07 Å². The molecule has 2 heterocycles. The van der Waals surface area contributed by atoms with Gasteiger partial charge in [0.25, 0.3) is 0 Å². The number of carbonyl (C=O) groups is 1. The van der Waals surface area contributed by atoms with E-state index in [1.54, 1.807) is 12.5 Å². The minimum atomic E-state index is -0.397. The highest BCUT2D eigenvalue weighted by Crippen LogP contribution is 2.63. The third-order valence-electron chi connectivity index (χ3n) is 7.21. The van der Waals surface area contributed by atoms with Gasteiger partial charge in [-0.2, -0.15) is 0 Å². The van der Waals surface area contributed by atoms with Crippen LogP contribution in [0.25, 0.3) is 0 Å². The maximum atomic E-state index is 12.2. The number of carbonyl (C=O) groups excluding carboxylic acids is 1. The van der Waals surface area contributed by atoms with Gasteiger partial charge in [-0.3, -0.25) is 0 Å². The summed E-state index contributed by atoms with van der Waals surface area (Å²) in [5.74, 6) is 0.412.